The van der Waals surface area contributed by atoms with Gasteiger partial charge in [-0.2, -0.15) is 0 Å². The summed E-state index contributed by atoms with van der Waals surface area (Å²) in [4.78, 5) is 13.5. The molecule has 1 amide bonds. The van der Waals surface area contributed by atoms with E-state index in [1.165, 1.54) is 4.88 Å². The summed E-state index contributed by atoms with van der Waals surface area (Å²) in [6.45, 7) is 2.11. The Bertz CT molecular complexity index is 706. The lowest BCUT2D eigenvalue weighted by Crippen LogP contribution is -2.43. The Hall–Kier alpha value is -1.62. The first-order valence-electron chi connectivity index (χ1n) is 8.02. The molecule has 0 bridgehead atoms. The lowest BCUT2D eigenvalue weighted by atomic mass is 9.78. The summed E-state index contributed by atoms with van der Waals surface area (Å²) in [5, 5.41) is 5.78. The number of hydrogen-bond acceptors (Lipinski definition) is 3. The predicted octanol–water partition coefficient (Wildman–Crippen LogP) is 4.28. The van der Waals surface area contributed by atoms with E-state index in [-0.39, 0.29) is 11.3 Å². The number of ether oxygens (including phenoxy) is 1. The van der Waals surface area contributed by atoms with Crippen LogP contribution in [-0.4, -0.2) is 25.7 Å². The third kappa shape index (κ3) is 4.07. The zero-order valence-corrected chi connectivity index (χ0v) is 14.9. The Labute approximate surface area is 151 Å². The quantitative estimate of drug-likeness (QED) is 0.807. The maximum atomic E-state index is 12.2. The van der Waals surface area contributed by atoms with Crippen molar-refractivity contribution in [1.82, 2.24) is 5.32 Å². The summed E-state index contributed by atoms with van der Waals surface area (Å²) in [6, 6.07) is 11.7. The standard InChI is InChI=1S/C19H20ClNO2S/c20-16-5-2-1-4-15(16)7-8-18(22)21-14-19(9-11-23-12-10-19)17-6-3-13-24-17/h1-8,13H,9-12,14H2,(H,21,22)/b8-7+. The van der Waals surface area contributed by atoms with Gasteiger partial charge in [0.2, 0.25) is 5.91 Å². The van der Waals surface area contributed by atoms with Crippen molar-refractivity contribution in [3.63, 3.8) is 0 Å². The summed E-state index contributed by atoms with van der Waals surface area (Å²) in [5.41, 5.74) is 0.827. The Kier molecular flexibility index (Phi) is 5.72. The van der Waals surface area contributed by atoms with Crippen LogP contribution in [0.3, 0.4) is 0 Å². The first kappa shape index (κ1) is 17.2. The molecule has 0 unspecified atom stereocenters. The van der Waals surface area contributed by atoms with Crippen molar-refractivity contribution in [2.75, 3.05) is 19.8 Å². The van der Waals surface area contributed by atoms with Gasteiger partial charge in [-0.1, -0.05) is 35.9 Å². The Morgan fingerprint density at radius 3 is 2.75 bits per heavy atom. The van der Waals surface area contributed by atoms with Crippen LogP contribution in [0.5, 0.6) is 0 Å². The van der Waals surface area contributed by atoms with Crippen LogP contribution in [0.25, 0.3) is 6.08 Å². The Balaban J connectivity index is 1.64. The highest BCUT2D eigenvalue weighted by Gasteiger charge is 2.35. The first-order valence-corrected chi connectivity index (χ1v) is 9.28. The molecular formula is C19H20ClNO2S. The van der Waals surface area contributed by atoms with E-state index in [4.69, 9.17) is 16.3 Å². The van der Waals surface area contributed by atoms with Crippen LogP contribution in [0.15, 0.2) is 47.9 Å². The molecule has 3 rings (SSSR count). The first-order chi connectivity index (χ1) is 11.7. The second kappa shape index (κ2) is 7.97. The van der Waals surface area contributed by atoms with Crippen molar-refractivity contribution in [2.45, 2.75) is 18.3 Å². The van der Waals surface area contributed by atoms with Gasteiger partial charge in [0.15, 0.2) is 0 Å². The molecule has 2 heterocycles. The molecule has 1 aromatic carbocycles. The van der Waals surface area contributed by atoms with Gasteiger partial charge in [-0.15, -0.1) is 11.3 Å². The zero-order valence-electron chi connectivity index (χ0n) is 13.3. The number of thiophene rings is 1. The molecule has 2 aromatic rings. The van der Waals surface area contributed by atoms with Crippen molar-refractivity contribution in [2.24, 2.45) is 0 Å². The SMILES string of the molecule is O=C(/C=C/c1ccccc1Cl)NCC1(c2cccs2)CCOCC1. The lowest BCUT2D eigenvalue weighted by Gasteiger charge is -2.36. The summed E-state index contributed by atoms with van der Waals surface area (Å²) < 4.78 is 5.51. The van der Waals surface area contributed by atoms with Gasteiger partial charge in [-0.25, -0.2) is 0 Å². The van der Waals surface area contributed by atoms with E-state index in [0.717, 1.165) is 31.6 Å². The molecule has 1 aromatic heterocycles. The molecule has 24 heavy (non-hydrogen) atoms. The van der Waals surface area contributed by atoms with E-state index >= 15 is 0 Å². The normalized spacial score (nSPS) is 17.0. The average molecular weight is 362 g/mol. The highest BCUT2D eigenvalue weighted by molar-refractivity contribution is 7.10. The van der Waals surface area contributed by atoms with E-state index in [1.54, 1.807) is 23.5 Å². The second-order valence-corrected chi connectivity index (χ2v) is 7.30. The van der Waals surface area contributed by atoms with Crippen LogP contribution in [0.4, 0.5) is 0 Å². The van der Waals surface area contributed by atoms with Gasteiger partial charge in [0.05, 0.1) is 0 Å². The van der Waals surface area contributed by atoms with Gasteiger partial charge >= 0.3 is 0 Å². The van der Waals surface area contributed by atoms with Crippen molar-refractivity contribution < 1.29 is 9.53 Å². The van der Waals surface area contributed by atoms with Crippen molar-refractivity contribution in [3.8, 4) is 0 Å². The maximum Gasteiger partial charge on any atom is 0.244 e. The Morgan fingerprint density at radius 1 is 1.25 bits per heavy atom. The summed E-state index contributed by atoms with van der Waals surface area (Å²) in [5.74, 6) is -0.0997. The van der Waals surface area contributed by atoms with E-state index in [9.17, 15) is 4.79 Å². The number of amides is 1. The molecule has 1 aliphatic rings. The van der Waals surface area contributed by atoms with E-state index in [2.05, 4.69) is 22.8 Å². The number of halogens is 1. The van der Waals surface area contributed by atoms with E-state index in [1.807, 2.05) is 24.3 Å². The summed E-state index contributed by atoms with van der Waals surface area (Å²) >= 11 is 7.85. The number of carbonyl (C=O) groups excluding carboxylic acids is 1. The molecule has 1 saturated heterocycles. The van der Waals surface area contributed by atoms with Gasteiger partial charge in [0.1, 0.15) is 0 Å². The van der Waals surface area contributed by atoms with Crippen LogP contribution in [0.2, 0.25) is 5.02 Å². The van der Waals surface area contributed by atoms with Gasteiger partial charge in [0, 0.05) is 41.1 Å². The fraction of sp³-hybridized carbons (Fsp3) is 0.316. The zero-order chi connectivity index (χ0) is 16.8. The number of nitrogens with one attached hydrogen (secondary N) is 1. The molecule has 126 valence electrons. The van der Waals surface area contributed by atoms with Crippen molar-refractivity contribution in [1.29, 1.82) is 0 Å². The smallest absolute Gasteiger partial charge is 0.244 e. The van der Waals surface area contributed by atoms with Crippen LogP contribution in [0, 0.1) is 0 Å². The number of rotatable bonds is 5. The highest BCUT2D eigenvalue weighted by atomic mass is 35.5. The van der Waals surface area contributed by atoms with Gasteiger partial charge in [-0.05, 0) is 42.0 Å². The van der Waals surface area contributed by atoms with Crippen LogP contribution in [-0.2, 0) is 14.9 Å². The minimum absolute atomic E-state index is 0.0136. The molecule has 0 saturated carbocycles. The highest BCUT2D eigenvalue weighted by Crippen LogP contribution is 2.36. The van der Waals surface area contributed by atoms with Gasteiger partial charge < -0.3 is 10.1 Å². The van der Waals surface area contributed by atoms with Crippen molar-refractivity contribution in [3.05, 3.63) is 63.3 Å². The van der Waals surface area contributed by atoms with Crippen molar-refractivity contribution >= 4 is 34.9 Å². The molecule has 3 nitrogen and oxygen atoms in total. The molecule has 1 aliphatic heterocycles. The van der Waals surface area contributed by atoms with Crippen LogP contribution >= 0.6 is 22.9 Å². The lowest BCUT2D eigenvalue weighted by molar-refractivity contribution is -0.116. The molecule has 1 fully saturated rings. The largest absolute Gasteiger partial charge is 0.381 e. The van der Waals surface area contributed by atoms with E-state index in [0.29, 0.717) is 11.6 Å². The average Bonchev–Trinajstić information content (AvgIpc) is 3.15. The monoisotopic (exact) mass is 361 g/mol. The summed E-state index contributed by atoms with van der Waals surface area (Å²) in [7, 11) is 0. The fourth-order valence-electron chi connectivity index (χ4n) is 2.94. The predicted molar refractivity (Wildman–Crippen MR) is 99.5 cm³/mol. The third-order valence-corrected chi connectivity index (χ3v) is 5.87. The fourth-order valence-corrected chi connectivity index (χ4v) is 4.13. The number of carbonyl (C=O) groups is 1. The third-order valence-electron chi connectivity index (χ3n) is 4.41. The molecule has 5 heteroatoms. The number of hydrogen-bond donors (Lipinski definition) is 1. The maximum absolute atomic E-state index is 12.2. The minimum atomic E-state index is -0.0997. The molecule has 1 N–H and O–H groups in total. The van der Waals surface area contributed by atoms with E-state index < -0.39 is 0 Å². The van der Waals surface area contributed by atoms with Gasteiger partial charge in [-0.3, -0.25) is 4.79 Å². The number of benzene rings is 1. The van der Waals surface area contributed by atoms with Gasteiger partial charge in [0.25, 0.3) is 0 Å². The van der Waals surface area contributed by atoms with Crippen LogP contribution in [0.1, 0.15) is 23.3 Å². The topological polar surface area (TPSA) is 38.3 Å². The molecular weight excluding hydrogens is 342 g/mol. The molecule has 0 aliphatic carbocycles. The second-order valence-electron chi connectivity index (χ2n) is 5.94. The minimum Gasteiger partial charge on any atom is -0.381 e. The Morgan fingerprint density at radius 2 is 2.04 bits per heavy atom. The summed E-state index contributed by atoms with van der Waals surface area (Å²) in [6.07, 6.45) is 5.16. The molecule has 0 radical (unpaired) electrons. The van der Waals surface area contributed by atoms with Crippen LogP contribution < -0.4 is 5.32 Å². The molecule has 0 spiro atoms. The molecule has 0 atom stereocenters.